The summed E-state index contributed by atoms with van der Waals surface area (Å²) >= 11 is 3.61. The van der Waals surface area contributed by atoms with E-state index in [1.807, 2.05) is 0 Å². The average Bonchev–Trinajstić information content (AvgIpc) is 2.40. The monoisotopic (exact) mass is 416 g/mol. The van der Waals surface area contributed by atoms with Crippen LogP contribution in [0.1, 0.15) is 74.0 Å². The first-order chi connectivity index (χ1) is 10.8. The molecule has 0 saturated carbocycles. The molecule has 24 heavy (non-hydrogen) atoms. The summed E-state index contributed by atoms with van der Waals surface area (Å²) in [5.41, 5.74) is 2.29. The molecule has 0 aliphatic heterocycles. The van der Waals surface area contributed by atoms with E-state index in [4.69, 9.17) is 4.43 Å². The van der Waals surface area contributed by atoms with Gasteiger partial charge in [0.1, 0.15) is 5.82 Å². The van der Waals surface area contributed by atoms with Crippen LogP contribution < -0.4 is 0 Å². The van der Waals surface area contributed by atoms with Crippen molar-refractivity contribution >= 4 is 24.2 Å². The fourth-order valence-electron chi connectivity index (χ4n) is 4.03. The summed E-state index contributed by atoms with van der Waals surface area (Å²) in [7, 11) is -2.07. The molecule has 138 valence electrons. The Bertz CT molecular complexity index is 527. The average molecular weight is 417 g/mol. The van der Waals surface area contributed by atoms with E-state index in [0.717, 1.165) is 10.0 Å². The SMILES string of the molecule is CC(C)[Si](OC(c1cc(F)ccc1Br)C(C)(C)C)(C(C)C)C(C)C. The molecule has 1 rings (SSSR count). The van der Waals surface area contributed by atoms with Gasteiger partial charge < -0.3 is 4.43 Å². The maximum absolute atomic E-state index is 13.9. The van der Waals surface area contributed by atoms with Crippen LogP contribution in [-0.2, 0) is 4.43 Å². The second-order valence-corrected chi connectivity index (χ2v) is 15.1. The van der Waals surface area contributed by atoms with E-state index in [9.17, 15) is 4.39 Å². The molecule has 0 aliphatic carbocycles. The van der Waals surface area contributed by atoms with Crippen LogP contribution in [0.25, 0.3) is 0 Å². The van der Waals surface area contributed by atoms with E-state index in [-0.39, 0.29) is 17.3 Å². The lowest BCUT2D eigenvalue weighted by Crippen LogP contribution is -2.50. The predicted molar refractivity (Wildman–Crippen MR) is 108 cm³/mol. The van der Waals surface area contributed by atoms with Crippen molar-refractivity contribution in [2.24, 2.45) is 5.41 Å². The van der Waals surface area contributed by atoms with Crippen LogP contribution in [0.2, 0.25) is 16.6 Å². The molecule has 0 spiro atoms. The maximum Gasteiger partial charge on any atom is 0.201 e. The Morgan fingerprint density at radius 1 is 0.958 bits per heavy atom. The molecule has 1 nitrogen and oxygen atoms in total. The molecule has 4 heteroatoms. The van der Waals surface area contributed by atoms with Gasteiger partial charge in [0.2, 0.25) is 8.32 Å². The van der Waals surface area contributed by atoms with Crippen molar-refractivity contribution in [2.75, 3.05) is 0 Å². The minimum atomic E-state index is -2.07. The zero-order valence-electron chi connectivity index (χ0n) is 16.7. The third-order valence-electron chi connectivity index (χ3n) is 5.06. The van der Waals surface area contributed by atoms with Crippen molar-refractivity contribution in [2.45, 2.75) is 85.0 Å². The first-order valence-corrected chi connectivity index (χ1v) is 11.9. The topological polar surface area (TPSA) is 9.23 Å². The summed E-state index contributed by atoms with van der Waals surface area (Å²) in [5, 5.41) is 0. The van der Waals surface area contributed by atoms with Crippen molar-refractivity contribution in [1.29, 1.82) is 0 Å². The summed E-state index contributed by atoms with van der Waals surface area (Å²) in [4.78, 5) is 0. The Morgan fingerprint density at radius 2 is 1.42 bits per heavy atom. The third-order valence-corrected chi connectivity index (χ3v) is 11.8. The molecule has 1 atom stereocenters. The molecular formula is C20H34BrFOSi. The van der Waals surface area contributed by atoms with Gasteiger partial charge in [0.25, 0.3) is 0 Å². The minimum Gasteiger partial charge on any atom is -0.409 e. The molecule has 0 aromatic heterocycles. The molecule has 1 aromatic carbocycles. The van der Waals surface area contributed by atoms with Gasteiger partial charge in [-0.15, -0.1) is 0 Å². The van der Waals surface area contributed by atoms with E-state index in [2.05, 4.69) is 78.2 Å². The van der Waals surface area contributed by atoms with Gasteiger partial charge in [-0.1, -0.05) is 78.2 Å². The number of benzene rings is 1. The zero-order chi connectivity index (χ0) is 18.9. The van der Waals surface area contributed by atoms with Crippen molar-refractivity contribution in [1.82, 2.24) is 0 Å². The molecule has 0 N–H and O–H groups in total. The lowest BCUT2D eigenvalue weighted by atomic mass is 9.85. The highest BCUT2D eigenvalue weighted by molar-refractivity contribution is 9.10. The molecule has 1 aromatic rings. The lowest BCUT2D eigenvalue weighted by molar-refractivity contribution is 0.0675. The first-order valence-electron chi connectivity index (χ1n) is 8.96. The van der Waals surface area contributed by atoms with E-state index in [1.165, 1.54) is 6.07 Å². The Morgan fingerprint density at radius 3 is 1.79 bits per heavy atom. The van der Waals surface area contributed by atoms with Crippen LogP contribution in [0.5, 0.6) is 0 Å². The molecular weight excluding hydrogens is 383 g/mol. The van der Waals surface area contributed by atoms with Gasteiger partial charge in [-0.2, -0.15) is 0 Å². The summed E-state index contributed by atoms with van der Waals surface area (Å²) in [6, 6.07) is 4.90. The van der Waals surface area contributed by atoms with Gasteiger partial charge in [-0.25, -0.2) is 4.39 Å². The van der Waals surface area contributed by atoms with Gasteiger partial charge >= 0.3 is 0 Å². The number of hydrogen-bond donors (Lipinski definition) is 0. The van der Waals surface area contributed by atoms with Crippen LogP contribution in [0.15, 0.2) is 22.7 Å². The number of halogens is 2. The molecule has 1 unspecified atom stereocenters. The lowest BCUT2D eigenvalue weighted by Gasteiger charge is -2.47. The summed E-state index contributed by atoms with van der Waals surface area (Å²) in [6.45, 7) is 20.2. The number of rotatable bonds is 6. The van der Waals surface area contributed by atoms with Gasteiger partial charge in [-0.05, 0) is 45.8 Å². The van der Waals surface area contributed by atoms with Crippen LogP contribution in [0, 0.1) is 11.2 Å². The van der Waals surface area contributed by atoms with Crippen LogP contribution in [-0.4, -0.2) is 8.32 Å². The van der Waals surface area contributed by atoms with Gasteiger partial charge in [0.05, 0.1) is 6.10 Å². The summed E-state index contributed by atoms with van der Waals surface area (Å²) in [6.07, 6.45) is -0.138. The second kappa shape index (κ2) is 8.01. The molecule has 0 fully saturated rings. The number of hydrogen-bond acceptors (Lipinski definition) is 1. The van der Waals surface area contributed by atoms with Crippen molar-refractivity contribution in [3.8, 4) is 0 Å². The largest absolute Gasteiger partial charge is 0.409 e. The predicted octanol–water partition coefficient (Wildman–Crippen LogP) is 7.87. The standard InChI is InChI=1S/C20H34BrFOSi/c1-13(2)24(14(3)4,15(5)6)23-19(20(7,8)9)17-12-16(22)10-11-18(17)21/h10-15,19H,1-9H3. The fourth-order valence-corrected chi connectivity index (χ4v) is 10.2. The van der Waals surface area contributed by atoms with Gasteiger partial charge in [-0.3, -0.25) is 0 Å². The Labute approximate surface area is 157 Å². The Balaban J connectivity index is 3.49. The third kappa shape index (κ3) is 4.50. The molecule has 0 bridgehead atoms. The van der Waals surface area contributed by atoms with E-state index in [1.54, 1.807) is 12.1 Å². The van der Waals surface area contributed by atoms with Crippen LogP contribution >= 0.6 is 15.9 Å². The first kappa shape index (κ1) is 21.8. The van der Waals surface area contributed by atoms with Crippen LogP contribution in [0.4, 0.5) is 4.39 Å². The molecule has 0 aliphatic rings. The van der Waals surface area contributed by atoms with E-state index >= 15 is 0 Å². The molecule has 0 heterocycles. The Hall–Kier alpha value is -0.193. The summed E-state index contributed by atoms with van der Waals surface area (Å²) < 4.78 is 21.9. The highest BCUT2D eigenvalue weighted by atomic mass is 79.9. The van der Waals surface area contributed by atoms with E-state index in [0.29, 0.717) is 16.6 Å². The normalized spacial score (nSPS) is 14.8. The summed E-state index contributed by atoms with van der Waals surface area (Å²) in [5.74, 6) is -0.211. The minimum absolute atomic E-state index is 0.118. The van der Waals surface area contributed by atoms with Crippen molar-refractivity contribution in [3.63, 3.8) is 0 Å². The van der Waals surface area contributed by atoms with Gasteiger partial charge in [0.15, 0.2) is 0 Å². The quantitative estimate of drug-likeness (QED) is 0.428. The van der Waals surface area contributed by atoms with Crippen molar-refractivity contribution < 1.29 is 8.82 Å². The molecule has 0 radical (unpaired) electrons. The smallest absolute Gasteiger partial charge is 0.201 e. The van der Waals surface area contributed by atoms with Gasteiger partial charge in [0, 0.05) is 4.47 Å². The van der Waals surface area contributed by atoms with E-state index < -0.39 is 8.32 Å². The molecule has 0 amide bonds. The molecule has 0 saturated heterocycles. The highest BCUT2D eigenvalue weighted by Crippen LogP contribution is 2.49. The van der Waals surface area contributed by atoms with Crippen LogP contribution in [0.3, 0.4) is 0 Å². The van der Waals surface area contributed by atoms with Crippen molar-refractivity contribution in [3.05, 3.63) is 34.1 Å². The highest BCUT2D eigenvalue weighted by Gasteiger charge is 2.48. The maximum atomic E-state index is 13.9. The fraction of sp³-hybridized carbons (Fsp3) is 0.700. The second-order valence-electron chi connectivity index (χ2n) is 8.85. The Kier molecular flexibility index (Phi) is 7.29. The zero-order valence-corrected chi connectivity index (χ0v) is 19.3.